The maximum Gasteiger partial charge on any atom is 0.326 e. The van der Waals surface area contributed by atoms with Crippen molar-refractivity contribution in [3.8, 4) is 0 Å². The Bertz CT molecular complexity index is 440. The highest BCUT2D eigenvalue weighted by Crippen LogP contribution is 2.14. The number of nitrogens with zero attached hydrogens (tertiary/aromatic N) is 2. The molecule has 1 aromatic rings. The average molecular weight is 250 g/mol. The molecule has 0 fully saturated rings. The number of carboxylic acid groups (broad SMARTS) is 1. The van der Waals surface area contributed by atoms with Crippen LogP contribution in [0.5, 0.6) is 0 Å². The lowest BCUT2D eigenvalue weighted by molar-refractivity contribution is -0.141. The molecule has 0 saturated heterocycles. The molecule has 5 nitrogen and oxygen atoms in total. The van der Waals surface area contributed by atoms with Gasteiger partial charge in [-0.1, -0.05) is 0 Å². The van der Waals surface area contributed by atoms with Crippen molar-refractivity contribution in [2.45, 2.75) is 13.0 Å². The first kappa shape index (κ1) is 14.0. The van der Waals surface area contributed by atoms with Crippen LogP contribution in [-0.2, 0) is 4.79 Å². The normalized spacial score (nSPS) is 11.8. The summed E-state index contributed by atoms with van der Waals surface area (Å²) in [5.41, 5.74) is 1.47. The molecule has 1 atom stereocenters. The molecule has 1 aromatic carbocycles. The highest BCUT2D eigenvalue weighted by molar-refractivity contribution is 5.96. The average Bonchev–Trinajstić information content (AvgIpc) is 2.36. The summed E-state index contributed by atoms with van der Waals surface area (Å²) in [6, 6.07) is 6.20. The third-order valence-electron chi connectivity index (χ3n) is 2.89. The summed E-state index contributed by atoms with van der Waals surface area (Å²) in [6.45, 7) is 1.48. The van der Waals surface area contributed by atoms with Crippen LogP contribution in [0.2, 0.25) is 0 Å². The number of carboxylic acids is 1. The molecule has 0 aliphatic heterocycles. The van der Waals surface area contributed by atoms with Crippen LogP contribution in [0.1, 0.15) is 17.3 Å². The minimum Gasteiger partial charge on any atom is -0.480 e. The SMILES string of the molecule is CC(C(=O)O)N(C)C(=O)c1ccc(N(C)C)cc1. The lowest BCUT2D eigenvalue weighted by Gasteiger charge is -2.21. The van der Waals surface area contributed by atoms with Crippen LogP contribution in [0.3, 0.4) is 0 Å². The van der Waals surface area contributed by atoms with Crippen molar-refractivity contribution in [2.24, 2.45) is 0 Å². The molecule has 0 aliphatic carbocycles. The molecule has 0 heterocycles. The van der Waals surface area contributed by atoms with Gasteiger partial charge in [0.15, 0.2) is 0 Å². The molecular formula is C13H18N2O3. The Kier molecular flexibility index (Phi) is 4.31. The van der Waals surface area contributed by atoms with Crippen molar-refractivity contribution in [1.82, 2.24) is 4.90 Å². The molecular weight excluding hydrogens is 232 g/mol. The third-order valence-corrected chi connectivity index (χ3v) is 2.89. The van der Waals surface area contributed by atoms with E-state index in [4.69, 9.17) is 5.11 Å². The molecule has 5 heteroatoms. The highest BCUT2D eigenvalue weighted by Gasteiger charge is 2.22. The second-order valence-electron chi connectivity index (χ2n) is 4.37. The fourth-order valence-electron chi connectivity index (χ4n) is 1.45. The summed E-state index contributed by atoms with van der Waals surface area (Å²) < 4.78 is 0. The quantitative estimate of drug-likeness (QED) is 0.875. The van der Waals surface area contributed by atoms with Gasteiger partial charge in [-0.2, -0.15) is 0 Å². The van der Waals surface area contributed by atoms with Gasteiger partial charge in [-0.3, -0.25) is 4.79 Å². The lowest BCUT2D eigenvalue weighted by Crippen LogP contribution is -2.40. The number of amides is 1. The lowest BCUT2D eigenvalue weighted by atomic mass is 10.1. The number of carbonyl (C=O) groups excluding carboxylic acids is 1. The maximum atomic E-state index is 12.0. The monoisotopic (exact) mass is 250 g/mol. The van der Waals surface area contributed by atoms with Crippen molar-refractivity contribution in [2.75, 3.05) is 26.0 Å². The van der Waals surface area contributed by atoms with Gasteiger partial charge in [0.1, 0.15) is 6.04 Å². The van der Waals surface area contributed by atoms with E-state index >= 15 is 0 Å². The van der Waals surface area contributed by atoms with Crippen LogP contribution in [0, 0.1) is 0 Å². The van der Waals surface area contributed by atoms with Crippen molar-refractivity contribution in [3.63, 3.8) is 0 Å². The van der Waals surface area contributed by atoms with E-state index in [1.54, 1.807) is 12.1 Å². The summed E-state index contributed by atoms with van der Waals surface area (Å²) in [5, 5.41) is 8.86. The second-order valence-corrected chi connectivity index (χ2v) is 4.37. The molecule has 0 saturated carbocycles. The first-order valence-electron chi connectivity index (χ1n) is 5.62. The summed E-state index contributed by atoms with van der Waals surface area (Å²) in [4.78, 5) is 26.0. The predicted molar refractivity (Wildman–Crippen MR) is 70.0 cm³/mol. The molecule has 0 aliphatic rings. The highest BCUT2D eigenvalue weighted by atomic mass is 16.4. The zero-order chi connectivity index (χ0) is 13.9. The number of likely N-dealkylation sites (N-methyl/N-ethyl adjacent to an activating group) is 1. The number of hydrogen-bond acceptors (Lipinski definition) is 3. The van der Waals surface area contributed by atoms with Gasteiger partial charge >= 0.3 is 5.97 Å². The van der Waals surface area contributed by atoms with E-state index in [2.05, 4.69) is 0 Å². The van der Waals surface area contributed by atoms with Gasteiger partial charge < -0.3 is 14.9 Å². The van der Waals surface area contributed by atoms with Crippen LogP contribution in [0.25, 0.3) is 0 Å². The van der Waals surface area contributed by atoms with Crippen LogP contribution >= 0.6 is 0 Å². The fourth-order valence-corrected chi connectivity index (χ4v) is 1.45. The molecule has 18 heavy (non-hydrogen) atoms. The van der Waals surface area contributed by atoms with E-state index in [-0.39, 0.29) is 5.91 Å². The minimum absolute atomic E-state index is 0.296. The van der Waals surface area contributed by atoms with Gasteiger partial charge in [0.05, 0.1) is 0 Å². The van der Waals surface area contributed by atoms with Crippen molar-refractivity contribution in [3.05, 3.63) is 29.8 Å². The van der Waals surface area contributed by atoms with Gasteiger partial charge in [0, 0.05) is 32.4 Å². The number of benzene rings is 1. The van der Waals surface area contributed by atoms with E-state index in [0.717, 1.165) is 5.69 Å². The van der Waals surface area contributed by atoms with Crippen molar-refractivity contribution in [1.29, 1.82) is 0 Å². The standard InChI is InChI=1S/C13H18N2O3/c1-9(13(17)18)15(4)12(16)10-5-7-11(8-6-10)14(2)3/h5-9H,1-4H3,(H,17,18). The molecule has 0 radical (unpaired) electrons. The maximum absolute atomic E-state index is 12.0. The topological polar surface area (TPSA) is 60.9 Å². The predicted octanol–water partition coefficient (Wildman–Crippen LogP) is 1.30. The Hall–Kier alpha value is -2.04. The Morgan fingerprint density at radius 2 is 1.61 bits per heavy atom. The van der Waals surface area contributed by atoms with E-state index in [1.165, 1.54) is 18.9 Å². The summed E-state index contributed by atoms with van der Waals surface area (Å²) in [5.74, 6) is -1.31. The summed E-state index contributed by atoms with van der Waals surface area (Å²) in [7, 11) is 5.31. The molecule has 1 unspecified atom stereocenters. The Balaban J connectivity index is 2.87. The van der Waals surface area contributed by atoms with Gasteiger partial charge in [0.2, 0.25) is 0 Å². The number of anilines is 1. The number of carbonyl (C=O) groups is 2. The summed E-state index contributed by atoms with van der Waals surface area (Å²) >= 11 is 0. The van der Waals surface area contributed by atoms with E-state index < -0.39 is 12.0 Å². The number of hydrogen-bond donors (Lipinski definition) is 1. The van der Waals surface area contributed by atoms with Gasteiger partial charge in [-0.25, -0.2) is 4.79 Å². The van der Waals surface area contributed by atoms with E-state index in [9.17, 15) is 9.59 Å². The van der Waals surface area contributed by atoms with Crippen molar-refractivity contribution < 1.29 is 14.7 Å². The van der Waals surface area contributed by atoms with E-state index in [1.807, 2.05) is 31.1 Å². The molecule has 1 N–H and O–H groups in total. The molecule has 0 spiro atoms. The third kappa shape index (κ3) is 3.00. The smallest absolute Gasteiger partial charge is 0.326 e. The fraction of sp³-hybridized carbons (Fsp3) is 0.385. The number of aliphatic carboxylic acids is 1. The van der Waals surface area contributed by atoms with Crippen LogP contribution in [0.15, 0.2) is 24.3 Å². The first-order valence-corrected chi connectivity index (χ1v) is 5.62. The minimum atomic E-state index is -1.02. The Morgan fingerprint density at radius 3 is 2.00 bits per heavy atom. The van der Waals surface area contributed by atoms with Crippen LogP contribution < -0.4 is 4.90 Å². The Morgan fingerprint density at radius 1 is 1.11 bits per heavy atom. The van der Waals surface area contributed by atoms with Gasteiger partial charge in [-0.05, 0) is 31.2 Å². The molecule has 98 valence electrons. The Labute approximate surface area is 107 Å². The first-order chi connectivity index (χ1) is 8.34. The van der Waals surface area contributed by atoms with Gasteiger partial charge in [0.25, 0.3) is 5.91 Å². The molecule has 0 bridgehead atoms. The van der Waals surface area contributed by atoms with E-state index in [0.29, 0.717) is 5.56 Å². The molecule has 1 rings (SSSR count). The molecule has 1 amide bonds. The van der Waals surface area contributed by atoms with Crippen LogP contribution in [-0.4, -0.2) is 49.1 Å². The zero-order valence-electron chi connectivity index (χ0n) is 11.0. The van der Waals surface area contributed by atoms with Crippen molar-refractivity contribution >= 4 is 17.6 Å². The largest absolute Gasteiger partial charge is 0.480 e. The molecule has 0 aromatic heterocycles. The second kappa shape index (κ2) is 5.53. The van der Waals surface area contributed by atoms with Gasteiger partial charge in [-0.15, -0.1) is 0 Å². The van der Waals surface area contributed by atoms with Crippen LogP contribution in [0.4, 0.5) is 5.69 Å². The number of rotatable bonds is 4. The zero-order valence-corrected chi connectivity index (χ0v) is 11.0. The summed E-state index contributed by atoms with van der Waals surface area (Å²) in [6.07, 6.45) is 0.